The lowest BCUT2D eigenvalue weighted by Crippen LogP contribution is -2.38. The van der Waals surface area contributed by atoms with Crippen LogP contribution in [0.15, 0.2) is 34.8 Å². The first-order chi connectivity index (χ1) is 14.8. The van der Waals surface area contributed by atoms with Crippen LogP contribution in [0.5, 0.6) is 0 Å². The van der Waals surface area contributed by atoms with Crippen molar-refractivity contribution in [2.24, 2.45) is 13.0 Å². The normalized spacial score (nSPS) is 17.9. The Hall–Kier alpha value is -3.16. The van der Waals surface area contributed by atoms with Gasteiger partial charge in [-0.15, -0.1) is 0 Å². The zero-order valence-corrected chi connectivity index (χ0v) is 18.1. The van der Waals surface area contributed by atoms with Crippen molar-refractivity contribution in [2.75, 3.05) is 18.0 Å². The van der Waals surface area contributed by atoms with Gasteiger partial charge in [0.05, 0.1) is 16.8 Å². The number of hydrogen-bond acceptors (Lipinski definition) is 4. The number of halogens is 1. The van der Waals surface area contributed by atoms with Crippen LogP contribution in [0.25, 0.3) is 5.57 Å². The Bertz CT molecular complexity index is 1120. The van der Waals surface area contributed by atoms with Crippen LogP contribution in [0, 0.1) is 11.7 Å². The molecule has 1 N–H and O–H groups in total. The van der Waals surface area contributed by atoms with Crippen molar-refractivity contribution >= 4 is 23.1 Å². The van der Waals surface area contributed by atoms with Gasteiger partial charge in [-0.2, -0.15) is 0 Å². The number of benzene rings is 1. The number of likely N-dealkylation sites (tertiary alicyclic amines) is 1. The number of aromatic amines is 1. The standard InChI is InChI=1S/C23H27FN4O3/c1-4-7-16-18(21(29)26(3)25-16)19-20(27-12-10-14(2)11-13-27)23(31)28(22(19)30)17-9-6-5-8-15(17)24/h5-6,8-9,14,25H,4,7,10-13H2,1-3H3. The summed E-state index contributed by atoms with van der Waals surface area (Å²) < 4.78 is 15.9. The Morgan fingerprint density at radius 1 is 1.10 bits per heavy atom. The van der Waals surface area contributed by atoms with Crippen LogP contribution in [0.3, 0.4) is 0 Å². The summed E-state index contributed by atoms with van der Waals surface area (Å²) in [4.78, 5) is 42.9. The maximum Gasteiger partial charge on any atom is 0.282 e. The van der Waals surface area contributed by atoms with Crippen molar-refractivity contribution in [3.63, 3.8) is 0 Å². The van der Waals surface area contributed by atoms with Crippen molar-refractivity contribution < 1.29 is 14.0 Å². The molecule has 0 bridgehead atoms. The number of para-hydroxylation sites is 1. The smallest absolute Gasteiger partial charge is 0.282 e. The van der Waals surface area contributed by atoms with Crippen LogP contribution < -0.4 is 10.5 Å². The zero-order chi connectivity index (χ0) is 22.3. The van der Waals surface area contributed by atoms with E-state index in [1.165, 1.54) is 22.9 Å². The highest BCUT2D eigenvalue weighted by atomic mass is 19.1. The third-order valence-electron chi connectivity index (χ3n) is 6.13. The lowest BCUT2D eigenvalue weighted by molar-refractivity contribution is -0.120. The van der Waals surface area contributed by atoms with Crippen molar-refractivity contribution in [1.29, 1.82) is 0 Å². The number of amides is 2. The molecule has 3 heterocycles. The number of aromatic nitrogens is 2. The van der Waals surface area contributed by atoms with Gasteiger partial charge in [-0.3, -0.25) is 24.2 Å². The number of hydrogen-bond donors (Lipinski definition) is 1. The summed E-state index contributed by atoms with van der Waals surface area (Å²) in [6.45, 7) is 5.35. The Labute approximate surface area is 180 Å². The summed E-state index contributed by atoms with van der Waals surface area (Å²) in [6, 6.07) is 5.71. The van der Waals surface area contributed by atoms with Crippen LogP contribution in [-0.4, -0.2) is 39.6 Å². The van der Waals surface area contributed by atoms with Gasteiger partial charge in [0, 0.05) is 25.8 Å². The van der Waals surface area contributed by atoms with E-state index in [-0.39, 0.29) is 28.1 Å². The Morgan fingerprint density at radius 3 is 2.42 bits per heavy atom. The van der Waals surface area contributed by atoms with Gasteiger partial charge < -0.3 is 4.90 Å². The number of nitrogens with zero attached hydrogens (tertiary/aromatic N) is 3. The van der Waals surface area contributed by atoms with Gasteiger partial charge in [0.1, 0.15) is 11.5 Å². The molecule has 2 aromatic rings. The van der Waals surface area contributed by atoms with E-state index in [9.17, 15) is 18.8 Å². The Balaban J connectivity index is 1.91. The first-order valence-corrected chi connectivity index (χ1v) is 10.8. The maximum atomic E-state index is 14.6. The number of anilines is 1. The molecular formula is C23H27FN4O3. The minimum atomic E-state index is -0.659. The molecular weight excluding hydrogens is 399 g/mol. The van der Waals surface area contributed by atoms with Crippen molar-refractivity contribution in [2.45, 2.75) is 39.5 Å². The highest BCUT2D eigenvalue weighted by Gasteiger charge is 2.45. The van der Waals surface area contributed by atoms with Crippen molar-refractivity contribution in [3.8, 4) is 0 Å². The zero-order valence-electron chi connectivity index (χ0n) is 18.1. The van der Waals surface area contributed by atoms with Gasteiger partial charge in [0.15, 0.2) is 0 Å². The first kappa shape index (κ1) is 21.1. The molecule has 4 rings (SSSR count). The van der Waals surface area contributed by atoms with E-state index in [1.54, 1.807) is 13.1 Å². The molecule has 0 radical (unpaired) electrons. The molecule has 7 nitrogen and oxygen atoms in total. The number of aryl methyl sites for hydroxylation is 2. The lowest BCUT2D eigenvalue weighted by Gasteiger charge is -2.32. The quantitative estimate of drug-likeness (QED) is 0.746. The first-order valence-electron chi connectivity index (χ1n) is 10.8. The van der Waals surface area contributed by atoms with Crippen LogP contribution in [0.1, 0.15) is 44.4 Å². The van der Waals surface area contributed by atoms with Gasteiger partial charge in [-0.25, -0.2) is 9.29 Å². The van der Waals surface area contributed by atoms with Crippen LogP contribution >= 0.6 is 0 Å². The summed E-state index contributed by atoms with van der Waals surface area (Å²) in [7, 11) is 1.59. The summed E-state index contributed by atoms with van der Waals surface area (Å²) in [5.74, 6) is -1.37. The van der Waals surface area contributed by atoms with Crippen LogP contribution in [-0.2, 0) is 23.1 Å². The molecule has 2 amide bonds. The Kier molecular flexibility index (Phi) is 5.56. The number of imide groups is 1. The summed E-state index contributed by atoms with van der Waals surface area (Å²) in [5, 5.41) is 3.02. The second kappa shape index (κ2) is 8.17. The predicted molar refractivity (Wildman–Crippen MR) is 116 cm³/mol. The predicted octanol–water partition coefficient (Wildman–Crippen LogP) is 2.82. The number of piperidine rings is 1. The van der Waals surface area contributed by atoms with Crippen molar-refractivity contribution in [1.82, 2.24) is 14.7 Å². The fourth-order valence-electron chi connectivity index (χ4n) is 4.42. The molecule has 1 fully saturated rings. The molecule has 1 aromatic heterocycles. The number of rotatable bonds is 5. The van der Waals surface area contributed by atoms with Gasteiger partial charge in [0.25, 0.3) is 17.4 Å². The number of H-pyrrole nitrogens is 1. The summed E-state index contributed by atoms with van der Waals surface area (Å²) in [5.41, 5.74) is 0.652. The maximum absolute atomic E-state index is 14.6. The number of carbonyl (C=O) groups excluding carboxylic acids is 2. The van der Waals surface area contributed by atoms with E-state index in [0.29, 0.717) is 31.1 Å². The van der Waals surface area contributed by atoms with Gasteiger partial charge in [0.2, 0.25) is 0 Å². The molecule has 0 spiro atoms. The third kappa shape index (κ3) is 3.49. The topological polar surface area (TPSA) is 78.4 Å². The molecule has 0 saturated carbocycles. The van der Waals surface area contributed by atoms with Gasteiger partial charge in [-0.1, -0.05) is 32.4 Å². The number of nitrogens with one attached hydrogen (secondary N) is 1. The van der Waals surface area contributed by atoms with E-state index < -0.39 is 17.6 Å². The molecule has 1 saturated heterocycles. The van der Waals surface area contributed by atoms with Gasteiger partial charge >= 0.3 is 0 Å². The van der Waals surface area contributed by atoms with Crippen LogP contribution in [0.2, 0.25) is 0 Å². The lowest BCUT2D eigenvalue weighted by atomic mass is 9.97. The average Bonchev–Trinajstić information content (AvgIpc) is 3.15. The molecule has 0 aliphatic carbocycles. The molecule has 164 valence electrons. The number of carbonyl (C=O) groups is 2. The highest BCUT2D eigenvalue weighted by Crippen LogP contribution is 2.37. The molecule has 2 aliphatic rings. The van der Waals surface area contributed by atoms with E-state index in [2.05, 4.69) is 12.0 Å². The minimum Gasteiger partial charge on any atom is -0.366 e. The molecule has 31 heavy (non-hydrogen) atoms. The summed E-state index contributed by atoms with van der Waals surface area (Å²) in [6.07, 6.45) is 3.08. The fraction of sp³-hybridized carbons (Fsp3) is 0.435. The molecule has 0 unspecified atom stereocenters. The third-order valence-corrected chi connectivity index (χ3v) is 6.13. The van der Waals surface area contributed by atoms with Crippen LogP contribution in [0.4, 0.5) is 10.1 Å². The SMILES string of the molecule is CCCc1[nH]n(C)c(=O)c1C1=C(N2CCC(C)CC2)C(=O)N(c2ccccc2F)C1=O. The highest BCUT2D eigenvalue weighted by molar-refractivity contribution is 6.45. The Morgan fingerprint density at radius 2 is 1.77 bits per heavy atom. The molecule has 2 aliphatic heterocycles. The molecule has 0 atom stereocenters. The summed E-state index contributed by atoms with van der Waals surface area (Å²) >= 11 is 0. The second-order valence-electron chi connectivity index (χ2n) is 8.37. The van der Waals surface area contributed by atoms with Crippen molar-refractivity contribution in [3.05, 3.63) is 57.4 Å². The van der Waals surface area contributed by atoms with E-state index in [4.69, 9.17) is 0 Å². The van der Waals surface area contributed by atoms with E-state index in [1.807, 2.05) is 11.8 Å². The van der Waals surface area contributed by atoms with Gasteiger partial charge in [-0.05, 0) is 37.3 Å². The van der Waals surface area contributed by atoms with E-state index >= 15 is 0 Å². The monoisotopic (exact) mass is 426 g/mol. The fourth-order valence-corrected chi connectivity index (χ4v) is 4.42. The molecule has 8 heteroatoms. The van der Waals surface area contributed by atoms with E-state index in [0.717, 1.165) is 24.2 Å². The minimum absolute atomic E-state index is 0.0770. The largest absolute Gasteiger partial charge is 0.366 e. The molecule has 1 aromatic carbocycles. The average molecular weight is 426 g/mol. The second-order valence-corrected chi connectivity index (χ2v) is 8.37.